The molecule has 0 bridgehead atoms. The maximum absolute atomic E-state index is 12.8. The van der Waals surface area contributed by atoms with Crippen LogP contribution in [0, 0.1) is 13.8 Å². The Balaban J connectivity index is 1.47. The van der Waals surface area contributed by atoms with Crippen molar-refractivity contribution in [2.45, 2.75) is 26.4 Å². The van der Waals surface area contributed by atoms with E-state index < -0.39 is 0 Å². The van der Waals surface area contributed by atoms with E-state index in [1.54, 1.807) is 0 Å². The molecule has 2 heterocycles. The van der Waals surface area contributed by atoms with Crippen LogP contribution in [0.4, 0.5) is 0 Å². The van der Waals surface area contributed by atoms with Gasteiger partial charge in [-0.3, -0.25) is 9.69 Å². The molecule has 1 saturated heterocycles. The molecule has 0 aliphatic carbocycles. The smallest absolute Gasteiger partial charge is 0.240 e. The number of aryl methyl sites for hydroxylation is 2. The summed E-state index contributed by atoms with van der Waals surface area (Å²) in [4.78, 5) is 15.2. The molecule has 4 rings (SSSR count). The van der Waals surface area contributed by atoms with Gasteiger partial charge in [-0.2, -0.15) is 0 Å². The molecule has 2 aromatic carbocycles. The van der Waals surface area contributed by atoms with E-state index in [4.69, 9.17) is 4.74 Å². The second-order valence-corrected chi connectivity index (χ2v) is 7.81. The van der Waals surface area contributed by atoms with Gasteiger partial charge < -0.3 is 14.6 Å². The van der Waals surface area contributed by atoms with Crippen LogP contribution in [0.15, 0.2) is 54.6 Å². The van der Waals surface area contributed by atoms with Gasteiger partial charge in [-0.15, -0.1) is 0 Å². The highest BCUT2D eigenvalue weighted by Gasteiger charge is 2.23. The standard InChI is InChI=1S/C24H29N3O2/c1-18-6-5-8-20(14-18)23(26-10-12-29-13-11-26)16-25-24(28)17-27-19(2)15-21-7-3-4-9-22(21)27/h3-9,14-15,23H,10-13,16-17H2,1-2H3,(H,25,28). The summed E-state index contributed by atoms with van der Waals surface area (Å²) in [6, 6.07) is 19.1. The third-order valence-electron chi connectivity index (χ3n) is 5.73. The quantitative estimate of drug-likeness (QED) is 0.700. The van der Waals surface area contributed by atoms with Gasteiger partial charge in [-0.05, 0) is 36.9 Å². The average Bonchev–Trinajstić information content (AvgIpc) is 3.04. The number of ether oxygens (including phenoxy) is 1. The number of nitrogens with one attached hydrogen (secondary N) is 1. The molecule has 5 heteroatoms. The summed E-state index contributed by atoms with van der Waals surface area (Å²) < 4.78 is 7.61. The predicted molar refractivity (Wildman–Crippen MR) is 116 cm³/mol. The number of fused-ring (bicyclic) bond motifs is 1. The highest BCUT2D eigenvalue weighted by Crippen LogP contribution is 2.23. The maximum Gasteiger partial charge on any atom is 0.240 e. The van der Waals surface area contributed by atoms with E-state index in [1.807, 2.05) is 12.1 Å². The van der Waals surface area contributed by atoms with Crippen LogP contribution in [0.5, 0.6) is 0 Å². The third kappa shape index (κ3) is 4.52. The van der Waals surface area contributed by atoms with E-state index in [-0.39, 0.29) is 11.9 Å². The maximum atomic E-state index is 12.8. The average molecular weight is 392 g/mol. The van der Waals surface area contributed by atoms with Crippen LogP contribution in [0.2, 0.25) is 0 Å². The zero-order valence-corrected chi connectivity index (χ0v) is 17.2. The van der Waals surface area contributed by atoms with Crippen molar-refractivity contribution in [3.8, 4) is 0 Å². The van der Waals surface area contributed by atoms with Crippen LogP contribution < -0.4 is 5.32 Å². The summed E-state index contributed by atoms with van der Waals surface area (Å²) in [5.74, 6) is 0.0420. The first-order valence-electron chi connectivity index (χ1n) is 10.3. The van der Waals surface area contributed by atoms with Crippen molar-refractivity contribution in [2.75, 3.05) is 32.8 Å². The summed E-state index contributed by atoms with van der Waals surface area (Å²) in [6.45, 7) is 8.35. The number of aromatic nitrogens is 1. The SMILES string of the molecule is Cc1cccc(C(CNC(=O)Cn2c(C)cc3ccccc32)N2CCOCC2)c1. The molecule has 1 amide bonds. The van der Waals surface area contributed by atoms with Crippen molar-refractivity contribution in [3.63, 3.8) is 0 Å². The topological polar surface area (TPSA) is 46.5 Å². The zero-order valence-electron chi connectivity index (χ0n) is 17.2. The number of para-hydroxylation sites is 1. The molecule has 0 spiro atoms. The van der Waals surface area contributed by atoms with Crippen molar-refractivity contribution < 1.29 is 9.53 Å². The van der Waals surface area contributed by atoms with Crippen molar-refractivity contribution in [2.24, 2.45) is 0 Å². The summed E-state index contributed by atoms with van der Waals surface area (Å²) >= 11 is 0. The van der Waals surface area contributed by atoms with Gasteiger partial charge in [0.1, 0.15) is 6.54 Å². The molecular weight excluding hydrogens is 362 g/mol. The number of carbonyl (C=O) groups excluding carboxylic acids is 1. The van der Waals surface area contributed by atoms with Crippen LogP contribution in [-0.4, -0.2) is 48.2 Å². The molecule has 1 N–H and O–H groups in total. The first kappa shape index (κ1) is 19.7. The fourth-order valence-corrected chi connectivity index (χ4v) is 4.19. The van der Waals surface area contributed by atoms with E-state index in [2.05, 4.69) is 71.1 Å². The fraction of sp³-hybridized carbons (Fsp3) is 0.375. The van der Waals surface area contributed by atoms with E-state index >= 15 is 0 Å². The normalized spacial score (nSPS) is 16.1. The van der Waals surface area contributed by atoms with E-state index in [9.17, 15) is 4.79 Å². The minimum absolute atomic E-state index is 0.0420. The molecule has 0 radical (unpaired) electrons. The molecule has 5 nitrogen and oxygen atoms in total. The lowest BCUT2D eigenvalue weighted by molar-refractivity contribution is -0.122. The first-order valence-corrected chi connectivity index (χ1v) is 10.3. The van der Waals surface area contributed by atoms with Crippen molar-refractivity contribution >= 4 is 16.8 Å². The minimum atomic E-state index is 0.0420. The number of nitrogens with zero attached hydrogens (tertiary/aromatic N) is 2. The number of hydrogen-bond acceptors (Lipinski definition) is 3. The van der Waals surface area contributed by atoms with Gasteiger partial charge in [0.15, 0.2) is 0 Å². The molecule has 0 saturated carbocycles. The van der Waals surface area contributed by atoms with Gasteiger partial charge in [-0.25, -0.2) is 0 Å². The number of carbonyl (C=O) groups is 1. The Kier molecular flexibility index (Phi) is 5.97. The summed E-state index contributed by atoms with van der Waals surface area (Å²) in [5.41, 5.74) is 4.68. The Morgan fingerprint density at radius 1 is 1.07 bits per heavy atom. The number of amides is 1. The number of morpholine rings is 1. The lowest BCUT2D eigenvalue weighted by Gasteiger charge is -2.35. The summed E-state index contributed by atoms with van der Waals surface area (Å²) in [5, 5.41) is 4.36. The molecule has 1 fully saturated rings. The third-order valence-corrected chi connectivity index (χ3v) is 5.73. The van der Waals surface area contributed by atoms with E-state index in [1.165, 1.54) is 16.5 Å². The molecule has 1 unspecified atom stereocenters. The Labute approximate surface area is 172 Å². The van der Waals surface area contributed by atoms with Crippen molar-refractivity contribution in [1.29, 1.82) is 0 Å². The molecular formula is C24H29N3O2. The van der Waals surface area contributed by atoms with Gasteiger partial charge in [0, 0.05) is 30.8 Å². The second kappa shape index (κ2) is 8.80. The van der Waals surface area contributed by atoms with Crippen LogP contribution in [-0.2, 0) is 16.1 Å². The monoisotopic (exact) mass is 391 g/mol. The Hall–Kier alpha value is -2.63. The number of hydrogen-bond donors (Lipinski definition) is 1. The second-order valence-electron chi connectivity index (χ2n) is 7.81. The van der Waals surface area contributed by atoms with Crippen LogP contribution >= 0.6 is 0 Å². The Morgan fingerprint density at radius 2 is 1.86 bits per heavy atom. The number of rotatable bonds is 6. The van der Waals surface area contributed by atoms with Crippen LogP contribution in [0.25, 0.3) is 10.9 Å². The predicted octanol–water partition coefficient (Wildman–Crippen LogP) is 3.45. The largest absolute Gasteiger partial charge is 0.379 e. The zero-order chi connectivity index (χ0) is 20.2. The minimum Gasteiger partial charge on any atom is -0.379 e. The van der Waals surface area contributed by atoms with Crippen LogP contribution in [0.1, 0.15) is 22.9 Å². The van der Waals surface area contributed by atoms with Crippen LogP contribution in [0.3, 0.4) is 0 Å². The lowest BCUT2D eigenvalue weighted by Crippen LogP contribution is -2.44. The van der Waals surface area contributed by atoms with Crippen molar-refractivity contribution in [1.82, 2.24) is 14.8 Å². The molecule has 1 aromatic heterocycles. The Bertz CT molecular complexity index is 989. The molecule has 1 aliphatic heterocycles. The van der Waals surface area contributed by atoms with Gasteiger partial charge in [0.2, 0.25) is 5.91 Å². The molecule has 1 aliphatic rings. The van der Waals surface area contributed by atoms with Gasteiger partial charge in [0.05, 0.1) is 19.3 Å². The van der Waals surface area contributed by atoms with Gasteiger partial charge in [-0.1, -0.05) is 48.0 Å². The summed E-state index contributed by atoms with van der Waals surface area (Å²) in [7, 11) is 0. The Morgan fingerprint density at radius 3 is 2.66 bits per heavy atom. The lowest BCUT2D eigenvalue weighted by atomic mass is 10.0. The first-order chi connectivity index (χ1) is 14.1. The highest BCUT2D eigenvalue weighted by atomic mass is 16.5. The van der Waals surface area contributed by atoms with Gasteiger partial charge >= 0.3 is 0 Å². The molecule has 29 heavy (non-hydrogen) atoms. The number of benzene rings is 2. The van der Waals surface area contributed by atoms with E-state index in [0.29, 0.717) is 13.1 Å². The fourth-order valence-electron chi connectivity index (χ4n) is 4.19. The van der Waals surface area contributed by atoms with E-state index in [0.717, 1.165) is 37.5 Å². The molecule has 3 aromatic rings. The highest BCUT2D eigenvalue weighted by molar-refractivity contribution is 5.84. The summed E-state index contributed by atoms with van der Waals surface area (Å²) in [6.07, 6.45) is 0. The van der Waals surface area contributed by atoms with Gasteiger partial charge in [0.25, 0.3) is 0 Å². The molecule has 1 atom stereocenters. The van der Waals surface area contributed by atoms with Crippen molar-refractivity contribution in [3.05, 3.63) is 71.4 Å². The molecule has 152 valence electrons.